The summed E-state index contributed by atoms with van der Waals surface area (Å²) in [5.74, 6) is -2.04. The molecular formula is C20H19N5O5. The first kappa shape index (κ1) is 20.8. The van der Waals surface area contributed by atoms with Gasteiger partial charge in [0.05, 0.1) is 17.8 Å². The largest absolute Gasteiger partial charge is 0.507 e. The number of azo groups is 1. The zero-order chi connectivity index (χ0) is 21.7. The number of carboxylic acid groups (broad SMARTS) is 2. The van der Waals surface area contributed by atoms with E-state index in [0.29, 0.717) is 18.1 Å². The molecule has 10 nitrogen and oxygen atoms in total. The minimum Gasteiger partial charge on any atom is -0.507 e. The van der Waals surface area contributed by atoms with Gasteiger partial charge in [0.2, 0.25) is 0 Å². The Morgan fingerprint density at radius 1 is 1.13 bits per heavy atom. The molecule has 0 aliphatic carbocycles. The normalized spacial score (nSPS) is 11.4. The number of hydrogen-bond acceptors (Lipinski definition) is 8. The van der Waals surface area contributed by atoms with Gasteiger partial charge in [-0.05, 0) is 36.9 Å². The predicted molar refractivity (Wildman–Crippen MR) is 107 cm³/mol. The van der Waals surface area contributed by atoms with Crippen LogP contribution >= 0.6 is 0 Å². The molecule has 2 heterocycles. The molecule has 154 valence electrons. The summed E-state index contributed by atoms with van der Waals surface area (Å²) in [5, 5.41) is 37.3. The molecule has 0 spiro atoms. The number of aromatic carboxylic acids is 1. The Kier molecular flexibility index (Phi) is 6.28. The molecule has 30 heavy (non-hydrogen) atoms. The van der Waals surface area contributed by atoms with Crippen molar-refractivity contribution in [2.75, 3.05) is 13.1 Å². The van der Waals surface area contributed by atoms with E-state index >= 15 is 0 Å². The molecule has 0 amide bonds. The molecule has 0 saturated carbocycles. The molecule has 0 fully saturated rings. The van der Waals surface area contributed by atoms with Crippen molar-refractivity contribution < 1.29 is 24.9 Å². The van der Waals surface area contributed by atoms with Crippen LogP contribution in [0.3, 0.4) is 0 Å². The number of pyridine rings is 2. The molecule has 10 heteroatoms. The lowest BCUT2D eigenvalue weighted by molar-refractivity contribution is -0.138. The summed E-state index contributed by atoms with van der Waals surface area (Å²) < 4.78 is 0. The van der Waals surface area contributed by atoms with Gasteiger partial charge in [0.15, 0.2) is 5.82 Å². The van der Waals surface area contributed by atoms with Gasteiger partial charge in [-0.2, -0.15) is 0 Å². The maximum Gasteiger partial charge on any atom is 0.337 e. The van der Waals surface area contributed by atoms with Crippen LogP contribution in [0.5, 0.6) is 5.75 Å². The van der Waals surface area contributed by atoms with Gasteiger partial charge in [0.1, 0.15) is 17.0 Å². The minimum atomic E-state index is -1.23. The standard InChI is InChI=1S/C20H19N5O5/c1-2-25(11-18(27)28)10-15-12(20(29)30)9-13-16(26)7-6-14(19(13)22-15)23-24-17-5-3-4-8-21-17/h3-9,26H,2,10-11H2,1H3,(H,27,28)(H,29,30). The lowest BCUT2D eigenvalue weighted by atomic mass is 10.1. The minimum absolute atomic E-state index is 0.00680. The zero-order valence-corrected chi connectivity index (χ0v) is 16.1. The van der Waals surface area contributed by atoms with E-state index in [4.69, 9.17) is 5.11 Å². The molecule has 3 aromatic rings. The van der Waals surface area contributed by atoms with E-state index in [2.05, 4.69) is 20.2 Å². The van der Waals surface area contributed by atoms with Crippen molar-refractivity contribution in [1.29, 1.82) is 0 Å². The van der Waals surface area contributed by atoms with Gasteiger partial charge in [0, 0.05) is 18.1 Å². The molecule has 1 aromatic carbocycles. The smallest absolute Gasteiger partial charge is 0.337 e. The molecule has 0 saturated heterocycles. The summed E-state index contributed by atoms with van der Waals surface area (Å²) in [6.45, 7) is 1.90. The number of likely N-dealkylation sites (N-methyl/N-ethyl adjacent to an activating group) is 1. The number of aromatic nitrogens is 2. The van der Waals surface area contributed by atoms with E-state index in [-0.39, 0.29) is 41.0 Å². The molecule has 0 radical (unpaired) electrons. The maximum absolute atomic E-state index is 11.8. The number of hydrogen-bond donors (Lipinski definition) is 3. The van der Waals surface area contributed by atoms with Gasteiger partial charge in [-0.3, -0.25) is 9.69 Å². The Morgan fingerprint density at radius 3 is 2.57 bits per heavy atom. The van der Waals surface area contributed by atoms with Gasteiger partial charge < -0.3 is 15.3 Å². The Hall–Kier alpha value is -3.92. The second-order valence-electron chi connectivity index (χ2n) is 6.37. The SMILES string of the molecule is CCN(CC(=O)O)Cc1nc2c(N=Nc3ccccn3)ccc(O)c2cc1C(=O)O. The number of phenols is 1. The monoisotopic (exact) mass is 409 g/mol. The second-order valence-corrected chi connectivity index (χ2v) is 6.37. The van der Waals surface area contributed by atoms with Crippen LogP contribution in [0, 0.1) is 0 Å². The van der Waals surface area contributed by atoms with Crippen molar-refractivity contribution in [3.05, 3.63) is 53.9 Å². The van der Waals surface area contributed by atoms with Crippen molar-refractivity contribution in [2.24, 2.45) is 10.2 Å². The fourth-order valence-corrected chi connectivity index (χ4v) is 2.86. The van der Waals surface area contributed by atoms with E-state index in [1.807, 2.05) is 0 Å². The third-order valence-electron chi connectivity index (χ3n) is 4.34. The lowest BCUT2D eigenvalue weighted by Crippen LogP contribution is -2.30. The fourth-order valence-electron chi connectivity index (χ4n) is 2.86. The highest BCUT2D eigenvalue weighted by Gasteiger charge is 2.20. The Labute approximate surface area is 171 Å². The van der Waals surface area contributed by atoms with Crippen molar-refractivity contribution in [1.82, 2.24) is 14.9 Å². The number of nitrogens with zero attached hydrogens (tertiary/aromatic N) is 5. The summed E-state index contributed by atoms with van der Waals surface area (Å²) in [6, 6.07) is 9.36. The number of carboxylic acids is 2. The average Bonchev–Trinajstić information content (AvgIpc) is 2.72. The van der Waals surface area contributed by atoms with Crippen LogP contribution in [0.4, 0.5) is 11.5 Å². The van der Waals surface area contributed by atoms with E-state index in [1.165, 1.54) is 18.2 Å². The van der Waals surface area contributed by atoms with E-state index in [9.17, 15) is 19.8 Å². The number of rotatable bonds is 8. The second kappa shape index (κ2) is 9.05. The molecule has 0 atom stereocenters. The van der Waals surface area contributed by atoms with E-state index < -0.39 is 11.9 Å². The first-order chi connectivity index (χ1) is 14.4. The third kappa shape index (κ3) is 4.73. The lowest BCUT2D eigenvalue weighted by Gasteiger charge is -2.19. The molecule has 0 unspecified atom stereocenters. The first-order valence-corrected chi connectivity index (χ1v) is 9.04. The summed E-state index contributed by atoms with van der Waals surface area (Å²) in [7, 11) is 0. The summed E-state index contributed by atoms with van der Waals surface area (Å²) in [4.78, 5) is 32.8. The van der Waals surface area contributed by atoms with Crippen LogP contribution in [0.1, 0.15) is 23.0 Å². The quantitative estimate of drug-likeness (QED) is 0.480. The number of aliphatic carboxylic acids is 1. The Balaban J connectivity index is 2.11. The van der Waals surface area contributed by atoms with Gasteiger partial charge in [-0.25, -0.2) is 14.8 Å². The van der Waals surface area contributed by atoms with Gasteiger partial charge in [0.25, 0.3) is 0 Å². The number of benzene rings is 1. The van der Waals surface area contributed by atoms with Crippen molar-refractivity contribution in [2.45, 2.75) is 13.5 Å². The number of phenolic OH excluding ortho intramolecular Hbond substituents is 1. The molecular weight excluding hydrogens is 390 g/mol. The summed E-state index contributed by atoms with van der Waals surface area (Å²) in [6.07, 6.45) is 1.57. The molecule has 3 N–H and O–H groups in total. The van der Waals surface area contributed by atoms with Gasteiger partial charge >= 0.3 is 11.9 Å². The van der Waals surface area contributed by atoms with Crippen LogP contribution < -0.4 is 0 Å². The van der Waals surface area contributed by atoms with E-state index in [1.54, 1.807) is 36.2 Å². The molecule has 0 bridgehead atoms. The van der Waals surface area contributed by atoms with Crippen LogP contribution in [0.25, 0.3) is 10.9 Å². The molecule has 0 aliphatic rings. The van der Waals surface area contributed by atoms with Crippen molar-refractivity contribution in [3.63, 3.8) is 0 Å². The Morgan fingerprint density at radius 2 is 1.93 bits per heavy atom. The highest BCUT2D eigenvalue weighted by atomic mass is 16.4. The molecule has 3 rings (SSSR count). The van der Waals surface area contributed by atoms with Gasteiger partial charge in [-0.1, -0.05) is 13.0 Å². The summed E-state index contributed by atoms with van der Waals surface area (Å²) in [5.41, 5.74) is 0.604. The molecule has 0 aliphatic heterocycles. The topological polar surface area (TPSA) is 149 Å². The predicted octanol–water partition coefficient (Wildman–Crippen LogP) is 3.36. The van der Waals surface area contributed by atoms with Crippen LogP contribution in [-0.2, 0) is 11.3 Å². The van der Waals surface area contributed by atoms with Crippen LogP contribution in [0.2, 0.25) is 0 Å². The number of carbonyl (C=O) groups is 2. The maximum atomic E-state index is 11.8. The fraction of sp³-hybridized carbons (Fsp3) is 0.200. The first-order valence-electron chi connectivity index (χ1n) is 9.04. The Bertz CT molecular complexity index is 1120. The molecule has 2 aromatic heterocycles. The number of fused-ring (bicyclic) bond motifs is 1. The van der Waals surface area contributed by atoms with E-state index in [0.717, 1.165) is 0 Å². The average molecular weight is 409 g/mol. The van der Waals surface area contributed by atoms with Crippen LogP contribution in [-0.4, -0.2) is 55.2 Å². The van der Waals surface area contributed by atoms with Crippen molar-refractivity contribution in [3.8, 4) is 5.75 Å². The van der Waals surface area contributed by atoms with Gasteiger partial charge in [-0.15, -0.1) is 10.2 Å². The number of aromatic hydroxyl groups is 1. The summed E-state index contributed by atoms with van der Waals surface area (Å²) >= 11 is 0. The third-order valence-corrected chi connectivity index (χ3v) is 4.34. The van der Waals surface area contributed by atoms with Crippen molar-refractivity contribution >= 4 is 34.3 Å². The highest BCUT2D eigenvalue weighted by molar-refractivity contribution is 5.99. The zero-order valence-electron chi connectivity index (χ0n) is 16.1. The van der Waals surface area contributed by atoms with Crippen LogP contribution in [0.15, 0.2) is 52.8 Å². The highest BCUT2D eigenvalue weighted by Crippen LogP contribution is 2.34.